The highest BCUT2D eigenvalue weighted by Crippen LogP contribution is 2.28. The maximum absolute atomic E-state index is 13.0. The van der Waals surface area contributed by atoms with Crippen LogP contribution < -0.4 is 5.56 Å². The zero-order valence-electron chi connectivity index (χ0n) is 14.7. The quantitative estimate of drug-likeness (QED) is 0.461. The van der Waals surface area contributed by atoms with E-state index in [0.29, 0.717) is 5.56 Å². The summed E-state index contributed by atoms with van der Waals surface area (Å²) in [5, 5.41) is 0.201. The fourth-order valence-electron chi connectivity index (χ4n) is 2.46. The van der Waals surface area contributed by atoms with Gasteiger partial charge in [0.2, 0.25) is 15.0 Å². The lowest BCUT2D eigenvalue weighted by molar-refractivity contribution is 0.240. The van der Waals surface area contributed by atoms with Crippen molar-refractivity contribution >= 4 is 43.9 Å². The van der Waals surface area contributed by atoms with Gasteiger partial charge >= 0.3 is 0 Å². The van der Waals surface area contributed by atoms with Gasteiger partial charge in [-0.3, -0.25) is 9.36 Å². The van der Waals surface area contributed by atoms with Crippen molar-refractivity contribution in [2.75, 3.05) is 20.0 Å². The van der Waals surface area contributed by atoms with Crippen LogP contribution >= 0.6 is 23.2 Å². The topological polar surface area (TPSA) is 91.2 Å². The lowest BCUT2D eigenvalue weighted by atomic mass is 10.2. The molecule has 0 unspecified atom stereocenters. The van der Waals surface area contributed by atoms with E-state index in [0.717, 1.165) is 12.5 Å². The first-order chi connectivity index (χ1) is 13.2. The Morgan fingerprint density at radius 3 is 2.54 bits per heavy atom. The number of sulfone groups is 1. The van der Waals surface area contributed by atoms with Crippen LogP contribution in [-0.2, 0) is 14.6 Å². The van der Waals surface area contributed by atoms with Crippen LogP contribution in [0, 0.1) is 11.8 Å². The minimum Gasteiger partial charge on any atom is -0.372 e. The smallest absolute Gasteiger partial charge is 0.266 e. The van der Waals surface area contributed by atoms with Crippen LogP contribution in [0.4, 0.5) is 0 Å². The molecule has 7 nitrogen and oxygen atoms in total. The molecule has 3 rings (SSSR count). The van der Waals surface area contributed by atoms with Gasteiger partial charge < -0.3 is 4.74 Å². The van der Waals surface area contributed by atoms with Gasteiger partial charge in [-0.05, 0) is 12.1 Å². The van der Waals surface area contributed by atoms with E-state index in [2.05, 4.69) is 21.8 Å². The highest BCUT2D eigenvalue weighted by Gasteiger charge is 2.18. The molecular weight excluding hydrogens is 425 g/mol. The molecule has 2 heterocycles. The summed E-state index contributed by atoms with van der Waals surface area (Å²) in [6.45, 7) is 0.136. The van der Waals surface area contributed by atoms with Gasteiger partial charge in [-0.1, -0.05) is 41.1 Å². The molecule has 3 aromatic rings. The summed E-state index contributed by atoms with van der Waals surface area (Å²) in [6, 6.07) is 4.85. The van der Waals surface area contributed by atoms with E-state index in [1.54, 1.807) is 18.2 Å². The van der Waals surface area contributed by atoms with Gasteiger partial charge in [-0.25, -0.2) is 18.4 Å². The molecule has 0 atom stereocenters. The molecule has 0 aliphatic carbocycles. The standard InChI is InChI=1S/C18H13Cl2N3O4S/c1-27-8-4-5-11-10-23(16-13(19)6-3-7-14(16)20)17(24)12-9-21-18(22-15(11)12)28(2,25)26/h3,6-7,9-10H,8H2,1-2H3. The van der Waals surface area contributed by atoms with Crippen molar-refractivity contribution in [1.29, 1.82) is 0 Å². The van der Waals surface area contributed by atoms with Crippen LogP contribution in [-0.4, -0.2) is 42.9 Å². The minimum absolute atomic E-state index is 0.0765. The molecule has 144 valence electrons. The number of fused-ring (bicyclic) bond motifs is 1. The second-order valence-corrected chi connectivity index (χ2v) is 8.43. The average molecular weight is 438 g/mol. The van der Waals surface area contributed by atoms with E-state index >= 15 is 0 Å². The van der Waals surface area contributed by atoms with Crippen LogP contribution in [0.3, 0.4) is 0 Å². The van der Waals surface area contributed by atoms with Crippen molar-refractivity contribution < 1.29 is 13.2 Å². The van der Waals surface area contributed by atoms with E-state index in [1.165, 1.54) is 17.9 Å². The fourth-order valence-corrected chi connectivity index (χ4v) is 3.55. The molecule has 0 fully saturated rings. The minimum atomic E-state index is -3.67. The highest BCUT2D eigenvalue weighted by molar-refractivity contribution is 7.90. The van der Waals surface area contributed by atoms with Crippen molar-refractivity contribution in [3.05, 3.63) is 56.6 Å². The Morgan fingerprint density at radius 1 is 1.25 bits per heavy atom. The first kappa shape index (κ1) is 20.3. The van der Waals surface area contributed by atoms with Crippen LogP contribution in [0.2, 0.25) is 10.0 Å². The van der Waals surface area contributed by atoms with Crippen LogP contribution in [0.1, 0.15) is 5.56 Å². The van der Waals surface area contributed by atoms with Crippen molar-refractivity contribution in [1.82, 2.24) is 14.5 Å². The third-order valence-electron chi connectivity index (χ3n) is 3.68. The van der Waals surface area contributed by atoms with Crippen LogP contribution in [0.25, 0.3) is 16.6 Å². The van der Waals surface area contributed by atoms with Gasteiger partial charge in [0.05, 0.1) is 32.2 Å². The number of para-hydroxylation sites is 1. The summed E-state index contributed by atoms with van der Waals surface area (Å²) in [4.78, 5) is 20.9. The summed E-state index contributed by atoms with van der Waals surface area (Å²) in [5.74, 6) is 5.60. The number of nitrogens with zero attached hydrogens (tertiary/aromatic N) is 3. The highest BCUT2D eigenvalue weighted by atomic mass is 35.5. The molecule has 0 N–H and O–H groups in total. The normalized spacial score (nSPS) is 11.3. The van der Waals surface area contributed by atoms with Gasteiger partial charge in [-0.2, -0.15) is 0 Å². The first-order valence-electron chi connectivity index (χ1n) is 7.78. The number of pyridine rings is 1. The zero-order chi connectivity index (χ0) is 20.5. The zero-order valence-corrected chi connectivity index (χ0v) is 17.1. The Morgan fingerprint density at radius 2 is 1.93 bits per heavy atom. The Kier molecular flexibility index (Phi) is 5.72. The molecule has 1 aromatic carbocycles. The molecule has 0 saturated heterocycles. The number of benzene rings is 1. The molecule has 0 radical (unpaired) electrons. The summed E-state index contributed by atoms with van der Waals surface area (Å²) in [5.41, 5.74) is 0.181. The van der Waals surface area contributed by atoms with E-state index in [1.807, 2.05) is 0 Å². The number of halogens is 2. The molecule has 28 heavy (non-hydrogen) atoms. The third kappa shape index (κ3) is 3.88. The molecule has 0 aliphatic heterocycles. The van der Waals surface area contributed by atoms with E-state index in [9.17, 15) is 13.2 Å². The summed E-state index contributed by atoms with van der Waals surface area (Å²) in [6.07, 6.45) is 3.55. The molecule has 2 aromatic heterocycles. The van der Waals surface area contributed by atoms with Crippen molar-refractivity contribution in [3.8, 4) is 17.5 Å². The molecule has 0 aliphatic rings. The largest absolute Gasteiger partial charge is 0.372 e. The van der Waals surface area contributed by atoms with Crippen molar-refractivity contribution in [2.24, 2.45) is 0 Å². The maximum atomic E-state index is 13.0. The number of rotatable bonds is 3. The Bertz CT molecular complexity index is 1290. The van der Waals surface area contributed by atoms with Gasteiger partial charge in [0.25, 0.3) is 5.56 Å². The van der Waals surface area contributed by atoms with E-state index in [-0.39, 0.29) is 33.2 Å². The number of methoxy groups -OCH3 is 1. The third-order valence-corrected chi connectivity index (χ3v) is 5.15. The fraction of sp³-hybridized carbons (Fsp3) is 0.167. The van der Waals surface area contributed by atoms with Gasteiger partial charge in [-0.15, -0.1) is 0 Å². The van der Waals surface area contributed by atoms with E-state index < -0.39 is 20.6 Å². The Hall–Kier alpha value is -2.44. The van der Waals surface area contributed by atoms with Crippen LogP contribution in [0.5, 0.6) is 0 Å². The lowest BCUT2D eigenvalue weighted by Crippen LogP contribution is -2.21. The predicted octanol–water partition coefficient (Wildman–Crippen LogP) is 2.49. The van der Waals surface area contributed by atoms with Crippen molar-refractivity contribution in [3.63, 3.8) is 0 Å². The maximum Gasteiger partial charge on any atom is 0.266 e. The van der Waals surface area contributed by atoms with Crippen LogP contribution in [0.15, 0.2) is 40.5 Å². The molecule has 0 saturated carbocycles. The average Bonchev–Trinajstić information content (AvgIpc) is 2.63. The second-order valence-electron chi connectivity index (χ2n) is 5.71. The van der Waals surface area contributed by atoms with Crippen molar-refractivity contribution in [2.45, 2.75) is 5.16 Å². The molecule has 0 bridgehead atoms. The number of hydrogen-bond acceptors (Lipinski definition) is 6. The summed E-state index contributed by atoms with van der Waals surface area (Å²) >= 11 is 12.5. The monoisotopic (exact) mass is 437 g/mol. The Labute approximate surface area is 170 Å². The number of hydrogen-bond donors (Lipinski definition) is 0. The SMILES string of the molecule is COCC#Cc1cn(-c2c(Cl)cccc2Cl)c(=O)c2cnc(S(C)(=O)=O)nc12. The van der Waals surface area contributed by atoms with Gasteiger partial charge in [0, 0.05) is 25.8 Å². The van der Waals surface area contributed by atoms with E-state index in [4.69, 9.17) is 27.9 Å². The molecular formula is C18H13Cl2N3O4S. The molecule has 0 spiro atoms. The van der Waals surface area contributed by atoms with Gasteiger partial charge in [0.15, 0.2) is 0 Å². The molecule has 10 heteroatoms. The second kappa shape index (κ2) is 7.89. The summed E-state index contributed by atoms with van der Waals surface area (Å²) in [7, 11) is -2.18. The lowest BCUT2D eigenvalue weighted by Gasteiger charge is -2.12. The van der Waals surface area contributed by atoms with Gasteiger partial charge in [0.1, 0.15) is 6.61 Å². The number of aromatic nitrogens is 3. The Balaban J connectivity index is 2.42. The number of ether oxygens (including phenoxy) is 1. The molecule has 0 amide bonds. The first-order valence-corrected chi connectivity index (χ1v) is 10.4. The summed E-state index contributed by atoms with van der Waals surface area (Å²) < 4.78 is 29.8. The predicted molar refractivity (Wildman–Crippen MR) is 107 cm³/mol.